The molecular weight excluding hydrogens is 248 g/mol. The molecule has 7 heteroatoms. The van der Waals surface area contributed by atoms with Crippen LogP contribution < -0.4 is 21.1 Å². The van der Waals surface area contributed by atoms with Gasteiger partial charge in [-0.05, 0) is 26.0 Å². The molecule has 0 atom stereocenters. The fourth-order valence-electron chi connectivity index (χ4n) is 1.25. The maximum atomic E-state index is 11.6. The molecule has 0 unspecified atom stereocenters. The number of hydrogen-bond donors (Lipinski definition) is 3. The fraction of sp³-hybridized carbons (Fsp3) is 0.417. The van der Waals surface area contributed by atoms with Crippen LogP contribution in [-0.4, -0.2) is 36.0 Å². The number of carbonyl (C=O) groups excluding carboxylic acids is 2. The van der Waals surface area contributed by atoms with E-state index in [-0.39, 0.29) is 31.0 Å². The van der Waals surface area contributed by atoms with E-state index < -0.39 is 0 Å². The van der Waals surface area contributed by atoms with Gasteiger partial charge < -0.3 is 21.1 Å². The zero-order valence-corrected chi connectivity index (χ0v) is 11.0. The van der Waals surface area contributed by atoms with Crippen molar-refractivity contribution in [1.82, 2.24) is 10.3 Å². The minimum Gasteiger partial charge on any atom is -0.473 e. The van der Waals surface area contributed by atoms with Crippen molar-refractivity contribution in [1.29, 1.82) is 0 Å². The molecule has 1 aromatic rings. The van der Waals surface area contributed by atoms with Crippen molar-refractivity contribution in [2.75, 3.05) is 18.4 Å². The minimum absolute atomic E-state index is 0.0532. The van der Waals surface area contributed by atoms with Crippen LogP contribution in [0.5, 0.6) is 5.88 Å². The Balaban J connectivity index is 2.61. The number of aromatic nitrogens is 1. The second-order valence-electron chi connectivity index (χ2n) is 4.05. The Hall–Kier alpha value is -2.15. The summed E-state index contributed by atoms with van der Waals surface area (Å²) >= 11 is 0. The molecule has 0 aliphatic heterocycles. The van der Waals surface area contributed by atoms with Crippen LogP contribution in [0.15, 0.2) is 18.3 Å². The van der Waals surface area contributed by atoms with Crippen molar-refractivity contribution < 1.29 is 14.3 Å². The topological polar surface area (TPSA) is 106 Å². The second-order valence-corrected chi connectivity index (χ2v) is 4.05. The average Bonchev–Trinajstić information content (AvgIpc) is 2.37. The summed E-state index contributed by atoms with van der Waals surface area (Å²) < 4.78 is 5.46. The third-order valence-corrected chi connectivity index (χ3v) is 2.02. The number of pyridine rings is 1. The molecule has 1 heterocycles. The van der Waals surface area contributed by atoms with E-state index in [0.29, 0.717) is 11.6 Å². The molecule has 0 aliphatic carbocycles. The Bertz CT molecular complexity index is 448. The molecule has 0 spiro atoms. The van der Waals surface area contributed by atoms with Gasteiger partial charge in [-0.2, -0.15) is 0 Å². The molecule has 2 amide bonds. The lowest BCUT2D eigenvalue weighted by molar-refractivity contribution is -0.123. The van der Waals surface area contributed by atoms with Gasteiger partial charge in [0.25, 0.3) is 0 Å². The number of anilines is 1. The fourth-order valence-corrected chi connectivity index (χ4v) is 1.25. The van der Waals surface area contributed by atoms with Crippen LogP contribution in [0.25, 0.3) is 0 Å². The van der Waals surface area contributed by atoms with E-state index in [2.05, 4.69) is 15.6 Å². The molecule has 0 fully saturated rings. The summed E-state index contributed by atoms with van der Waals surface area (Å²) in [7, 11) is 0. The molecule has 0 bridgehead atoms. The third-order valence-electron chi connectivity index (χ3n) is 2.02. The Morgan fingerprint density at radius 3 is 2.79 bits per heavy atom. The quantitative estimate of drug-likeness (QED) is 0.665. The summed E-state index contributed by atoms with van der Waals surface area (Å²) in [6.07, 6.45) is 1.52. The lowest BCUT2D eigenvalue weighted by Gasteiger charge is -2.13. The van der Waals surface area contributed by atoms with Gasteiger partial charge in [0.1, 0.15) is 5.69 Å². The van der Waals surface area contributed by atoms with E-state index in [1.807, 2.05) is 13.8 Å². The second kappa shape index (κ2) is 7.32. The van der Waals surface area contributed by atoms with Crippen LogP contribution in [0.3, 0.4) is 0 Å². The first-order valence-corrected chi connectivity index (χ1v) is 5.91. The number of carbonyl (C=O) groups is 2. The molecule has 0 aliphatic rings. The number of nitrogens with zero attached hydrogens (tertiary/aromatic N) is 1. The smallest absolute Gasteiger partial charge is 0.243 e. The highest BCUT2D eigenvalue weighted by molar-refractivity contribution is 5.95. The standard InChI is InChI=1S/C12H18N4O3/c1-8(2)19-12-9(4-3-5-14-12)16-11(18)7-15-10(17)6-13/h3-5,8H,6-7,13H2,1-2H3,(H,15,17)(H,16,18). The van der Waals surface area contributed by atoms with Crippen LogP contribution >= 0.6 is 0 Å². The Kier molecular flexibility index (Phi) is 5.74. The molecule has 19 heavy (non-hydrogen) atoms. The van der Waals surface area contributed by atoms with E-state index in [0.717, 1.165) is 0 Å². The van der Waals surface area contributed by atoms with Gasteiger partial charge in [0.05, 0.1) is 19.2 Å². The van der Waals surface area contributed by atoms with Crippen LogP contribution in [0, 0.1) is 0 Å². The first kappa shape index (κ1) is 14.9. The van der Waals surface area contributed by atoms with Crippen LogP contribution in [0.1, 0.15) is 13.8 Å². The molecule has 7 nitrogen and oxygen atoms in total. The number of hydrogen-bond acceptors (Lipinski definition) is 5. The van der Waals surface area contributed by atoms with Crippen molar-refractivity contribution in [3.8, 4) is 5.88 Å². The SMILES string of the molecule is CC(C)Oc1ncccc1NC(=O)CNC(=O)CN. The minimum atomic E-state index is -0.389. The largest absolute Gasteiger partial charge is 0.473 e. The van der Waals surface area contributed by atoms with E-state index in [9.17, 15) is 9.59 Å². The molecule has 0 radical (unpaired) electrons. The molecule has 1 rings (SSSR count). The van der Waals surface area contributed by atoms with Gasteiger partial charge in [-0.3, -0.25) is 9.59 Å². The summed E-state index contributed by atoms with van der Waals surface area (Å²) in [5.74, 6) is -0.417. The van der Waals surface area contributed by atoms with Crippen molar-refractivity contribution in [2.45, 2.75) is 20.0 Å². The predicted molar refractivity (Wildman–Crippen MR) is 70.7 cm³/mol. The van der Waals surface area contributed by atoms with Gasteiger partial charge in [-0.15, -0.1) is 0 Å². The zero-order valence-electron chi connectivity index (χ0n) is 11.0. The number of ether oxygens (including phenoxy) is 1. The van der Waals surface area contributed by atoms with Crippen LogP contribution in [0.4, 0.5) is 5.69 Å². The molecule has 1 aromatic heterocycles. The average molecular weight is 266 g/mol. The highest BCUT2D eigenvalue weighted by Crippen LogP contribution is 2.21. The highest BCUT2D eigenvalue weighted by Gasteiger charge is 2.10. The van der Waals surface area contributed by atoms with Gasteiger partial charge in [0.2, 0.25) is 17.7 Å². The number of nitrogens with two attached hydrogens (primary N) is 1. The number of amides is 2. The highest BCUT2D eigenvalue weighted by atomic mass is 16.5. The van der Waals surface area contributed by atoms with E-state index in [1.54, 1.807) is 18.3 Å². The maximum Gasteiger partial charge on any atom is 0.243 e. The van der Waals surface area contributed by atoms with Gasteiger partial charge in [0.15, 0.2) is 0 Å². The Morgan fingerprint density at radius 2 is 2.16 bits per heavy atom. The monoisotopic (exact) mass is 266 g/mol. The summed E-state index contributed by atoms with van der Waals surface area (Å²) in [6, 6.07) is 3.36. The third kappa shape index (κ3) is 5.35. The zero-order chi connectivity index (χ0) is 14.3. The normalized spacial score (nSPS) is 10.1. The first-order valence-electron chi connectivity index (χ1n) is 5.91. The summed E-state index contributed by atoms with van der Waals surface area (Å²) in [6.45, 7) is 3.43. The summed E-state index contributed by atoms with van der Waals surface area (Å²) in [5.41, 5.74) is 5.58. The predicted octanol–water partition coefficient (Wildman–Crippen LogP) is -0.118. The molecule has 4 N–H and O–H groups in total. The molecule has 104 valence electrons. The summed E-state index contributed by atoms with van der Waals surface area (Å²) in [4.78, 5) is 26.6. The maximum absolute atomic E-state index is 11.6. The lowest BCUT2D eigenvalue weighted by Crippen LogP contribution is -2.36. The van der Waals surface area contributed by atoms with Crippen LogP contribution in [-0.2, 0) is 9.59 Å². The van der Waals surface area contributed by atoms with Crippen molar-refractivity contribution in [3.63, 3.8) is 0 Å². The van der Waals surface area contributed by atoms with Gasteiger partial charge in [0, 0.05) is 6.20 Å². The summed E-state index contributed by atoms with van der Waals surface area (Å²) in [5, 5.41) is 4.99. The number of nitrogens with one attached hydrogen (secondary N) is 2. The lowest BCUT2D eigenvalue weighted by atomic mass is 10.3. The molecule has 0 saturated heterocycles. The van der Waals surface area contributed by atoms with Gasteiger partial charge >= 0.3 is 0 Å². The molecule has 0 saturated carbocycles. The number of rotatable bonds is 6. The molecular formula is C12H18N4O3. The van der Waals surface area contributed by atoms with E-state index in [1.165, 1.54) is 0 Å². The van der Waals surface area contributed by atoms with Crippen molar-refractivity contribution in [3.05, 3.63) is 18.3 Å². The van der Waals surface area contributed by atoms with Gasteiger partial charge in [-0.1, -0.05) is 0 Å². The van der Waals surface area contributed by atoms with E-state index in [4.69, 9.17) is 10.5 Å². The van der Waals surface area contributed by atoms with Gasteiger partial charge in [-0.25, -0.2) is 4.98 Å². The Morgan fingerprint density at radius 1 is 1.42 bits per heavy atom. The van der Waals surface area contributed by atoms with Crippen LogP contribution in [0.2, 0.25) is 0 Å². The Labute approximate surface area is 111 Å². The molecule has 0 aromatic carbocycles. The first-order chi connectivity index (χ1) is 9.02. The van der Waals surface area contributed by atoms with E-state index >= 15 is 0 Å². The van der Waals surface area contributed by atoms with Crippen molar-refractivity contribution >= 4 is 17.5 Å². The van der Waals surface area contributed by atoms with Crippen molar-refractivity contribution in [2.24, 2.45) is 5.73 Å².